The van der Waals surface area contributed by atoms with Crippen molar-refractivity contribution >= 4 is 5.91 Å². The Balaban J connectivity index is 1.55. The summed E-state index contributed by atoms with van der Waals surface area (Å²) in [5, 5.41) is 6.42. The quantitative estimate of drug-likeness (QED) is 0.737. The molecule has 1 aromatic heterocycles. The summed E-state index contributed by atoms with van der Waals surface area (Å²) in [5.41, 5.74) is 0.949. The third-order valence-electron chi connectivity index (χ3n) is 4.38. The number of H-pyrrole nitrogens is 1. The predicted molar refractivity (Wildman–Crippen MR) is 76.1 cm³/mol. The van der Waals surface area contributed by atoms with E-state index in [0.29, 0.717) is 12.6 Å². The van der Waals surface area contributed by atoms with E-state index in [1.54, 1.807) is 12.5 Å². The van der Waals surface area contributed by atoms with Gasteiger partial charge in [0.15, 0.2) is 0 Å². The van der Waals surface area contributed by atoms with Gasteiger partial charge < -0.3 is 15.6 Å². The van der Waals surface area contributed by atoms with Gasteiger partial charge in [-0.2, -0.15) is 0 Å². The number of carbonyl (C=O) groups excluding carboxylic acids is 1. The zero-order chi connectivity index (χ0) is 13.8. The fourth-order valence-electron chi connectivity index (χ4n) is 3.33. The van der Waals surface area contributed by atoms with E-state index in [1.165, 1.54) is 0 Å². The number of amides is 1. The minimum atomic E-state index is 0.0565. The summed E-state index contributed by atoms with van der Waals surface area (Å²) in [7, 11) is 0. The van der Waals surface area contributed by atoms with Crippen LogP contribution >= 0.6 is 0 Å². The van der Waals surface area contributed by atoms with Crippen molar-refractivity contribution in [3.8, 4) is 0 Å². The number of piperidine rings is 1. The van der Waals surface area contributed by atoms with E-state index >= 15 is 0 Å². The fraction of sp³-hybridized carbons (Fsp3) is 0.714. The smallest absolute Gasteiger partial charge is 0.237 e. The SMILES string of the molecule is O=C(NCc1cnc[nH]1)C1CCCN1C1CCNCC1. The van der Waals surface area contributed by atoms with Gasteiger partial charge in [0, 0.05) is 12.2 Å². The van der Waals surface area contributed by atoms with Crippen molar-refractivity contribution in [2.45, 2.75) is 44.3 Å². The molecule has 3 rings (SSSR count). The maximum atomic E-state index is 12.4. The lowest BCUT2D eigenvalue weighted by atomic mass is 10.0. The van der Waals surface area contributed by atoms with E-state index in [-0.39, 0.29) is 11.9 Å². The molecular weight excluding hydrogens is 254 g/mol. The lowest BCUT2D eigenvalue weighted by Gasteiger charge is -2.35. The highest BCUT2D eigenvalue weighted by atomic mass is 16.2. The molecule has 0 bridgehead atoms. The van der Waals surface area contributed by atoms with E-state index in [9.17, 15) is 4.79 Å². The summed E-state index contributed by atoms with van der Waals surface area (Å²) >= 11 is 0. The van der Waals surface area contributed by atoms with Crippen molar-refractivity contribution in [2.24, 2.45) is 0 Å². The number of rotatable bonds is 4. The van der Waals surface area contributed by atoms with Crippen LogP contribution in [0, 0.1) is 0 Å². The molecule has 6 heteroatoms. The van der Waals surface area contributed by atoms with Crippen LogP contribution in [0.2, 0.25) is 0 Å². The van der Waals surface area contributed by atoms with Crippen LogP contribution < -0.4 is 10.6 Å². The fourth-order valence-corrected chi connectivity index (χ4v) is 3.33. The van der Waals surface area contributed by atoms with Gasteiger partial charge in [-0.1, -0.05) is 0 Å². The van der Waals surface area contributed by atoms with Crippen LogP contribution in [0.3, 0.4) is 0 Å². The molecule has 110 valence electrons. The Kier molecular flexibility index (Phi) is 4.32. The summed E-state index contributed by atoms with van der Waals surface area (Å²) in [4.78, 5) is 21.8. The highest BCUT2D eigenvalue weighted by molar-refractivity contribution is 5.82. The lowest BCUT2D eigenvalue weighted by Crippen LogP contribution is -2.50. The molecule has 2 saturated heterocycles. The van der Waals surface area contributed by atoms with Gasteiger partial charge in [-0.05, 0) is 45.3 Å². The third kappa shape index (κ3) is 3.02. The molecule has 2 aliphatic rings. The summed E-state index contributed by atoms with van der Waals surface area (Å²) in [6.45, 7) is 3.75. The zero-order valence-corrected chi connectivity index (χ0v) is 11.8. The number of nitrogens with zero attached hydrogens (tertiary/aromatic N) is 2. The standard InChI is InChI=1S/C14H23N5O/c20-14(17-9-11-8-16-10-18-11)13-2-1-7-19(13)12-3-5-15-6-4-12/h8,10,12-13,15H,1-7,9H2,(H,16,18)(H,17,20). The molecule has 6 nitrogen and oxygen atoms in total. The first-order valence-electron chi connectivity index (χ1n) is 7.56. The first-order chi connectivity index (χ1) is 9.84. The highest BCUT2D eigenvalue weighted by Gasteiger charge is 2.35. The second-order valence-electron chi connectivity index (χ2n) is 5.67. The maximum absolute atomic E-state index is 12.4. The molecule has 0 saturated carbocycles. The van der Waals surface area contributed by atoms with Crippen molar-refractivity contribution in [2.75, 3.05) is 19.6 Å². The van der Waals surface area contributed by atoms with Gasteiger partial charge in [-0.3, -0.25) is 9.69 Å². The van der Waals surface area contributed by atoms with Gasteiger partial charge in [-0.15, -0.1) is 0 Å². The Morgan fingerprint density at radius 2 is 2.25 bits per heavy atom. The molecule has 0 radical (unpaired) electrons. The number of carbonyl (C=O) groups is 1. The maximum Gasteiger partial charge on any atom is 0.237 e. The second-order valence-corrected chi connectivity index (χ2v) is 5.67. The average Bonchev–Trinajstić information content (AvgIpc) is 3.17. The number of hydrogen-bond acceptors (Lipinski definition) is 4. The van der Waals surface area contributed by atoms with Gasteiger partial charge in [0.1, 0.15) is 0 Å². The summed E-state index contributed by atoms with van der Waals surface area (Å²) in [6, 6.07) is 0.627. The summed E-state index contributed by atoms with van der Waals surface area (Å²) in [6.07, 6.45) is 7.82. The van der Waals surface area contributed by atoms with Crippen LogP contribution in [0.5, 0.6) is 0 Å². The molecule has 2 aliphatic heterocycles. The predicted octanol–water partition coefficient (Wildman–Crippen LogP) is 0.242. The molecule has 3 N–H and O–H groups in total. The Morgan fingerprint density at radius 3 is 3.00 bits per heavy atom. The van der Waals surface area contributed by atoms with Crippen molar-refractivity contribution < 1.29 is 4.79 Å². The van der Waals surface area contributed by atoms with Crippen LogP contribution in [-0.2, 0) is 11.3 Å². The van der Waals surface area contributed by atoms with Crippen LogP contribution in [0.15, 0.2) is 12.5 Å². The van der Waals surface area contributed by atoms with Crippen LogP contribution in [0.25, 0.3) is 0 Å². The molecule has 1 aromatic rings. The number of hydrogen-bond donors (Lipinski definition) is 3. The topological polar surface area (TPSA) is 73.0 Å². The number of likely N-dealkylation sites (tertiary alicyclic amines) is 1. The first-order valence-corrected chi connectivity index (χ1v) is 7.56. The van der Waals surface area contributed by atoms with E-state index in [1.807, 2.05) is 0 Å². The Morgan fingerprint density at radius 1 is 1.40 bits per heavy atom. The number of aromatic nitrogens is 2. The van der Waals surface area contributed by atoms with Crippen LogP contribution in [0.1, 0.15) is 31.4 Å². The van der Waals surface area contributed by atoms with Gasteiger partial charge in [-0.25, -0.2) is 4.98 Å². The van der Waals surface area contributed by atoms with Crippen molar-refractivity contribution in [3.05, 3.63) is 18.2 Å². The largest absolute Gasteiger partial charge is 0.349 e. The van der Waals surface area contributed by atoms with Crippen molar-refractivity contribution in [1.82, 2.24) is 25.5 Å². The monoisotopic (exact) mass is 277 g/mol. The van der Waals surface area contributed by atoms with E-state index < -0.39 is 0 Å². The lowest BCUT2D eigenvalue weighted by molar-refractivity contribution is -0.126. The molecule has 3 heterocycles. The van der Waals surface area contributed by atoms with Crippen molar-refractivity contribution in [1.29, 1.82) is 0 Å². The van der Waals surface area contributed by atoms with E-state index in [0.717, 1.165) is 51.0 Å². The number of imidazole rings is 1. The van der Waals surface area contributed by atoms with E-state index in [4.69, 9.17) is 0 Å². The molecule has 1 amide bonds. The normalized spacial score (nSPS) is 24.9. The summed E-state index contributed by atoms with van der Waals surface area (Å²) in [5.74, 6) is 0.163. The molecule has 0 spiro atoms. The molecular formula is C14H23N5O. The minimum Gasteiger partial charge on any atom is -0.349 e. The zero-order valence-electron chi connectivity index (χ0n) is 11.8. The molecule has 0 aromatic carbocycles. The minimum absolute atomic E-state index is 0.0565. The van der Waals surface area contributed by atoms with Gasteiger partial charge in [0.2, 0.25) is 5.91 Å². The van der Waals surface area contributed by atoms with E-state index in [2.05, 4.69) is 25.5 Å². The average molecular weight is 277 g/mol. The molecule has 2 fully saturated rings. The number of nitrogens with one attached hydrogen (secondary N) is 3. The molecule has 0 aliphatic carbocycles. The Hall–Kier alpha value is -1.40. The summed E-state index contributed by atoms with van der Waals surface area (Å²) < 4.78 is 0. The second kappa shape index (κ2) is 6.37. The highest BCUT2D eigenvalue weighted by Crippen LogP contribution is 2.24. The Bertz CT molecular complexity index is 427. The Labute approximate surface area is 119 Å². The van der Waals surface area contributed by atoms with Gasteiger partial charge in [0.25, 0.3) is 0 Å². The first kappa shape index (κ1) is 13.6. The molecule has 1 unspecified atom stereocenters. The van der Waals surface area contributed by atoms with Gasteiger partial charge >= 0.3 is 0 Å². The molecule has 20 heavy (non-hydrogen) atoms. The van der Waals surface area contributed by atoms with Crippen molar-refractivity contribution in [3.63, 3.8) is 0 Å². The number of aromatic amines is 1. The van der Waals surface area contributed by atoms with Gasteiger partial charge in [0.05, 0.1) is 24.6 Å². The molecule has 1 atom stereocenters. The third-order valence-corrected chi connectivity index (χ3v) is 4.38. The van der Waals surface area contributed by atoms with Crippen LogP contribution in [-0.4, -0.2) is 52.5 Å². The van der Waals surface area contributed by atoms with Crippen LogP contribution in [0.4, 0.5) is 0 Å².